The number of aromatic amines is 1. The van der Waals surface area contributed by atoms with Crippen molar-refractivity contribution in [2.24, 2.45) is 0 Å². The molecule has 0 saturated carbocycles. The third-order valence-corrected chi connectivity index (χ3v) is 3.74. The second kappa shape index (κ2) is 4.23. The number of nitrogens with one attached hydrogen (secondary N) is 1. The molecule has 3 aromatic rings. The number of H-pyrrole nitrogens is 1. The van der Waals surface area contributed by atoms with Crippen molar-refractivity contribution in [3.05, 3.63) is 36.2 Å². The summed E-state index contributed by atoms with van der Waals surface area (Å²) in [6.07, 6.45) is 1.81. The first-order valence-corrected chi connectivity index (χ1v) is 6.25. The van der Waals surface area contributed by atoms with Crippen molar-refractivity contribution in [2.45, 2.75) is 6.92 Å². The number of nitrogens with two attached hydrogens (primary N) is 1. The number of anilines is 1. The molecule has 0 amide bonds. The van der Waals surface area contributed by atoms with Crippen molar-refractivity contribution in [1.29, 1.82) is 0 Å². The van der Waals surface area contributed by atoms with E-state index in [0.717, 1.165) is 21.0 Å². The molecule has 90 valence electrons. The number of nitrogens with zero attached hydrogens (tertiary/aromatic N) is 3. The minimum absolute atomic E-state index is 0.425. The highest BCUT2D eigenvalue weighted by atomic mass is 32.1. The van der Waals surface area contributed by atoms with Gasteiger partial charge in [-0.05, 0) is 36.8 Å². The van der Waals surface area contributed by atoms with Gasteiger partial charge in [0.1, 0.15) is 5.69 Å². The molecule has 3 N–H and O–H groups in total. The first-order chi connectivity index (χ1) is 8.74. The smallest absolute Gasteiger partial charge is 0.174 e. The summed E-state index contributed by atoms with van der Waals surface area (Å²) in [6, 6.07) is 8.11. The Kier molecular flexibility index (Phi) is 2.56. The van der Waals surface area contributed by atoms with Crippen molar-refractivity contribution in [3.63, 3.8) is 0 Å². The highest BCUT2D eigenvalue weighted by Crippen LogP contribution is 2.34. The molecule has 0 aliphatic carbocycles. The maximum absolute atomic E-state index is 5.74. The van der Waals surface area contributed by atoms with Crippen LogP contribution in [0.4, 0.5) is 5.82 Å². The number of rotatable bonds is 2. The molecule has 0 unspecified atom stereocenters. The first-order valence-electron chi connectivity index (χ1n) is 5.43. The number of thiophene rings is 1. The lowest BCUT2D eigenvalue weighted by molar-refractivity contribution is 0.946. The van der Waals surface area contributed by atoms with Crippen LogP contribution < -0.4 is 5.73 Å². The zero-order valence-corrected chi connectivity index (χ0v) is 10.5. The molecule has 3 aromatic heterocycles. The van der Waals surface area contributed by atoms with Crippen molar-refractivity contribution in [3.8, 4) is 21.0 Å². The molecule has 5 nitrogen and oxygen atoms in total. The lowest BCUT2D eigenvalue weighted by Gasteiger charge is -1.97. The summed E-state index contributed by atoms with van der Waals surface area (Å²) in [5.74, 6) is 0.425. The Balaban J connectivity index is 2.02. The summed E-state index contributed by atoms with van der Waals surface area (Å²) in [7, 11) is 0. The van der Waals surface area contributed by atoms with Crippen LogP contribution >= 0.6 is 11.3 Å². The molecule has 3 heterocycles. The summed E-state index contributed by atoms with van der Waals surface area (Å²) >= 11 is 1.64. The average Bonchev–Trinajstić information content (AvgIpc) is 2.97. The van der Waals surface area contributed by atoms with Gasteiger partial charge in [0.15, 0.2) is 5.82 Å². The summed E-state index contributed by atoms with van der Waals surface area (Å²) in [4.78, 5) is 6.36. The van der Waals surface area contributed by atoms with E-state index in [1.807, 2.05) is 25.3 Å². The summed E-state index contributed by atoms with van der Waals surface area (Å²) in [5.41, 5.74) is 8.60. The predicted molar refractivity (Wildman–Crippen MR) is 72.1 cm³/mol. The zero-order valence-electron chi connectivity index (χ0n) is 9.71. The van der Waals surface area contributed by atoms with E-state index in [0.29, 0.717) is 11.5 Å². The van der Waals surface area contributed by atoms with Gasteiger partial charge in [0.05, 0.1) is 4.88 Å². The van der Waals surface area contributed by atoms with Gasteiger partial charge in [0.25, 0.3) is 0 Å². The van der Waals surface area contributed by atoms with Crippen LogP contribution in [0.15, 0.2) is 30.5 Å². The number of aromatic nitrogens is 4. The van der Waals surface area contributed by atoms with Crippen LogP contribution in [0.25, 0.3) is 21.0 Å². The Morgan fingerprint density at radius 2 is 2.00 bits per heavy atom. The highest BCUT2D eigenvalue weighted by molar-refractivity contribution is 7.18. The molecule has 0 spiro atoms. The van der Waals surface area contributed by atoms with E-state index < -0.39 is 0 Å². The normalized spacial score (nSPS) is 10.7. The molecular weight excluding hydrogens is 246 g/mol. The highest BCUT2D eigenvalue weighted by Gasteiger charge is 2.11. The minimum atomic E-state index is 0.425. The van der Waals surface area contributed by atoms with E-state index in [1.165, 1.54) is 0 Å². The molecule has 0 atom stereocenters. The molecule has 0 fully saturated rings. The lowest BCUT2D eigenvalue weighted by atomic mass is 10.2. The van der Waals surface area contributed by atoms with Crippen LogP contribution in [0, 0.1) is 6.92 Å². The molecule has 0 bridgehead atoms. The Morgan fingerprint density at radius 3 is 2.72 bits per heavy atom. The Bertz CT molecular complexity index is 685. The van der Waals surface area contributed by atoms with Gasteiger partial charge >= 0.3 is 0 Å². The van der Waals surface area contributed by atoms with Crippen LogP contribution in [0.5, 0.6) is 0 Å². The first kappa shape index (κ1) is 10.9. The number of hydrogen-bond donors (Lipinski definition) is 2. The van der Waals surface area contributed by atoms with Crippen LogP contribution in [-0.4, -0.2) is 20.4 Å². The van der Waals surface area contributed by atoms with E-state index in [-0.39, 0.29) is 0 Å². The van der Waals surface area contributed by atoms with E-state index in [1.54, 1.807) is 11.3 Å². The number of aryl methyl sites for hydroxylation is 1. The average molecular weight is 257 g/mol. The quantitative estimate of drug-likeness (QED) is 0.739. The van der Waals surface area contributed by atoms with Crippen molar-refractivity contribution < 1.29 is 0 Å². The molecule has 0 aliphatic heterocycles. The number of nitrogen functional groups attached to an aromatic ring is 1. The van der Waals surface area contributed by atoms with Gasteiger partial charge < -0.3 is 5.73 Å². The fourth-order valence-corrected chi connectivity index (χ4v) is 2.74. The van der Waals surface area contributed by atoms with E-state index in [9.17, 15) is 0 Å². The van der Waals surface area contributed by atoms with Gasteiger partial charge in [0.2, 0.25) is 0 Å². The summed E-state index contributed by atoms with van der Waals surface area (Å²) < 4.78 is 0. The largest absolute Gasteiger partial charge is 0.380 e. The summed E-state index contributed by atoms with van der Waals surface area (Å²) in [6.45, 7) is 1.98. The maximum atomic E-state index is 5.74. The minimum Gasteiger partial charge on any atom is -0.380 e. The van der Waals surface area contributed by atoms with Crippen LogP contribution in [0.2, 0.25) is 0 Å². The van der Waals surface area contributed by atoms with Gasteiger partial charge in [-0.2, -0.15) is 10.3 Å². The van der Waals surface area contributed by atoms with Gasteiger partial charge in [-0.1, -0.05) is 0 Å². The molecule has 6 heteroatoms. The molecule has 0 radical (unpaired) electrons. The fraction of sp³-hybridized carbons (Fsp3) is 0.0833. The number of pyridine rings is 1. The van der Waals surface area contributed by atoms with Gasteiger partial charge in [-0.15, -0.1) is 16.4 Å². The molecule has 0 saturated heterocycles. The third-order valence-electron chi connectivity index (χ3n) is 2.60. The summed E-state index contributed by atoms with van der Waals surface area (Å²) in [5, 5.41) is 10.4. The number of hydrogen-bond acceptors (Lipinski definition) is 5. The van der Waals surface area contributed by atoms with E-state index >= 15 is 0 Å². The van der Waals surface area contributed by atoms with Crippen LogP contribution in [-0.2, 0) is 0 Å². The Hall–Kier alpha value is -2.21. The predicted octanol–water partition coefficient (Wildman–Crippen LogP) is 2.49. The van der Waals surface area contributed by atoms with Crippen molar-refractivity contribution in [1.82, 2.24) is 20.4 Å². The fourth-order valence-electron chi connectivity index (χ4n) is 1.74. The Labute approximate surface area is 108 Å². The lowest BCUT2D eigenvalue weighted by Crippen LogP contribution is -1.86. The molecule has 3 rings (SSSR count). The molecule has 0 aromatic carbocycles. The van der Waals surface area contributed by atoms with Gasteiger partial charge in [-0.3, -0.25) is 4.98 Å². The monoisotopic (exact) mass is 257 g/mol. The topological polar surface area (TPSA) is 80.5 Å². The van der Waals surface area contributed by atoms with Gasteiger partial charge in [0, 0.05) is 16.8 Å². The van der Waals surface area contributed by atoms with Crippen molar-refractivity contribution >= 4 is 17.2 Å². The van der Waals surface area contributed by atoms with Crippen LogP contribution in [0.3, 0.4) is 0 Å². The van der Waals surface area contributed by atoms with Gasteiger partial charge in [-0.25, -0.2) is 0 Å². The standard InChI is InChI=1S/C12H11N5S/c1-7-6-8(4-5-14-7)9-2-3-10(18-9)11-12(13)16-17-15-11/h2-6H,1H3,(H3,13,15,16,17). The van der Waals surface area contributed by atoms with E-state index in [4.69, 9.17) is 5.73 Å². The third kappa shape index (κ3) is 1.86. The van der Waals surface area contributed by atoms with E-state index in [2.05, 4.69) is 32.5 Å². The second-order valence-electron chi connectivity index (χ2n) is 3.91. The molecular formula is C12H11N5S. The molecule has 18 heavy (non-hydrogen) atoms. The SMILES string of the molecule is Cc1cc(-c2ccc(-c3n[nH]nc3N)s2)ccn1. The maximum Gasteiger partial charge on any atom is 0.174 e. The zero-order chi connectivity index (χ0) is 12.5. The Morgan fingerprint density at radius 1 is 1.17 bits per heavy atom. The molecule has 0 aliphatic rings. The van der Waals surface area contributed by atoms with Crippen LogP contribution in [0.1, 0.15) is 5.69 Å². The van der Waals surface area contributed by atoms with Crippen molar-refractivity contribution in [2.75, 3.05) is 5.73 Å². The second-order valence-corrected chi connectivity index (χ2v) is 4.99.